The third kappa shape index (κ3) is 4.30. The number of hydrogen-bond acceptors (Lipinski definition) is 4. The average Bonchev–Trinajstić information content (AvgIpc) is 3.03. The van der Waals surface area contributed by atoms with E-state index >= 15 is 0 Å². The van der Waals surface area contributed by atoms with Gasteiger partial charge in [0.05, 0.1) is 13.0 Å². The molecule has 0 spiro atoms. The van der Waals surface area contributed by atoms with E-state index in [-0.39, 0.29) is 23.7 Å². The van der Waals surface area contributed by atoms with Crippen LogP contribution in [0.1, 0.15) is 32.8 Å². The van der Waals surface area contributed by atoms with Crippen molar-refractivity contribution in [2.24, 2.45) is 5.92 Å². The van der Waals surface area contributed by atoms with Gasteiger partial charge < -0.3 is 14.4 Å². The zero-order chi connectivity index (χ0) is 19.6. The molecule has 0 unspecified atom stereocenters. The number of anilines is 1. The van der Waals surface area contributed by atoms with Crippen LogP contribution in [0.3, 0.4) is 0 Å². The lowest BCUT2D eigenvalue weighted by atomic mass is 9.87. The highest BCUT2D eigenvalue weighted by Gasteiger charge is 2.36. The molecule has 3 rings (SSSR count). The molecule has 1 fully saturated rings. The second kappa shape index (κ2) is 7.43. The summed E-state index contributed by atoms with van der Waals surface area (Å²) in [5.41, 5.74) is 1.93. The van der Waals surface area contributed by atoms with Gasteiger partial charge in [-0.25, -0.2) is 0 Å². The zero-order valence-corrected chi connectivity index (χ0v) is 16.2. The molecule has 0 radical (unpaired) electrons. The van der Waals surface area contributed by atoms with Crippen molar-refractivity contribution in [1.82, 2.24) is 0 Å². The molecule has 0 N–H and O–H groups in total. The molecule has 0 bridgehead atoms. The Bertz CT molecular complexity index is 836. The summed E-state index contributed by atoms with van der Waals surface area (Å²) in [6, 6.07) is 14.8. The Morgan fingerprint density at radius 1 is 1.07 bits per heavy atom. The van der Waals surface area contributed by atoms with Gasteiger partial charge in [0.15, 0.2) is 0 Å². The van der Waals surface area contributed by atoms with Gasteiger partial charge in [0, 0.05) is 24.7 Å². The van der Waals surface area contributed by atoms with Crippen molar-refractivity contribution in [1.29, 1.82) is 0 Å². The van der Waals surface area contributed by atoms with Gasteiger partial charge >= 0.3 is 5.97 Å². The van der Waals surface area contributed by atoms with E-state index in [9.17, 15) is 9.59 Å². The van der Waals surface area contributed by atoms with Crippen LogP contribution in [-0.2, 0) is 15.0 Å². The smallest absolute Gasteiger partial charge is 0.316 e. The molecule has 5 heteroatoms. The van der Waals surface area contributed by atoms with Crippen LogP contribution >= 0.6 is 0 Å². The monoisotopic (exact) mass is 367 g/mol. The third-order valence-corrected chi connectivity index (χ3v) is 4.76. The van der Waals surface area contributed by atoms with Crippen LogP contribution in [0.25, 0.3) is 0 Å². The highest BCUT2D eigenvalue weighted by Crippen LogP contribution is 2.29. The van der Waals surface area contributed by atoms with Gasteiger partial charge in [0.2, 0.25) is 5.91 Å². The molecule has 1 aliphatic heterocycles. The Morgan fingerprint density at radius 2 is 1.78 bits per heavy atom. The second-order valence-electron chi connectivity index (χ2n) is 7.80. The van der Waals surface area contributed by atoms with Crippen molar-refractivity contribution >= 4 is 17.6 Å². The predicted molar refractivity (Wildman–Crippen MR) is 104 cm³/mol. The van der Waals surface area contributed by atoms with E-state index in [0.29, 0.717) is 18.0 Å². The topological polar surface area (TPSA) is 55.8 Å². The molecule has 2 aromatic rings. The Labute approximate surface area is 159 Å². The van der Waals surface area contributed by atoms with E-state index in [1.807, 2.05) is 30.3 Å². The second-order valence-corrected chi connectivity index (χ2v) is 7.80. The molecule has 1 heterocycles. The number of methoxy groups -OCH3 is 1. The number of carbonyl (C=O) groups is 2. The van der Waals surface area contributed by atoms with Gasteiger partial charge in [-0.15, -0.1) is 0 Å². The van der Waals surface area contributed by atoms with Crippen LogP contribution in [-0.4, -0.2) is 25.5 Å². The molecule has 0 aromatic heterocycles. The standard InChI is InChI=1S/C22H25NO4/c1-22(2,3)16-8-10-18(11-9-16)27-21(25)15-12-20(24)23(14-15)17-6-5-7-19(13-17)26-4/h5-11,13,15H,12,14H2,1-4H3/t15-/m0/s1. The average molecular weight is 367 g/mol. The van der Waals surface area contributed by atoms with Gasteiger partial charge in [-0.2, -0.15) is 0 Å². The van der Waals surface area contributed by atoms with E-state index in [2.05, 4.69) is 20.8 Å². The van der Waals surface area contributed by atoms with Crippen molar-refractivity contribution < 1.29 is 19.1 Å². The maximum Gasteiger partial charge on any atom is 0.316 e. The van der Waals surface area contributed by atoms with Crippen LogP contribution in [0.5, 0.6) is 11.5 Å². The molecule has 142 valence electrons. The molecule has 0 aliphatic carbocycles. The van der Waals surface area contributed by atoms with Gasteiger partial charge in [-0.3, -0.25) is 9.59 Å². The van der Waals surface area contributed by atoms with Crippen molar-refractivity contribution in [3.05, 3.63) is 54.1 Å². The number of rotatable bonds is 4. The normalized spacial score (nSPS) is 17.1. The summed E-state index contributed by atoms with van der Waals surface area (Å²) in [6.45, 7) is 6.70. The number of esters is 1. The molecule has 1 amide bonds. The van der Waals surface area contributed by atoms with E-state index in [0.717, 1.165) is 5.69 Å². The van der Waals surface area contributed by atoms with Gasteiger partial charge in [0.25, 0.3) is 0 Å². The lowest BCUT2D eigenvalue weighted by Crippen LogP contribution is -2.27. The SMILES string of the molecule is COc1cccc(N2C[C@@H](C(=O)Oc3ccc(C(C)(C)C)cc3)CC2=O)c1. The van der Waals surface area contributed by atoms with E-state index in [1.165, 1.54) is 5.56 Å². The summed E-state index contributed by atoms with van der Waals surface area (Å²) >= 11 is 0. The number of amides is 1. The Morgan fingerprint density at radius 3 is 2.41 bits per heavy atom. The van der Waals surface area contributed by atoms with Crippen molar-refractivity contribution in [3.63, 3.8) is 0 Å². The largest absolute Gasteiger partial charge is 0.497 e. The molecule has 0 saturated carbocycles. The summed E-state index contributed by atoms with van der Waals surface area (Å²) in [5.74, 6) is 0.224. The number of ether oxygens (including phenoxy) is 2. The molecule has 2 aromatic carbocycles. The molecule has 5 nitrogen and oxygen atoms in total. The summed E-state index contributed by atoms with van der Waals surface area (Å²) in [5, 5.41) is 0. The highest BCUT2D eigenvalue weighted by molar-refractivity contribution is 5.99. The fourth-order valence-corrected chi connectivity index (χ4v) is 3.12. The summed E-state index contributed by atoms with van der Waals surface area (Å²) in [6.07, 6.45) is 0.149. The first kappa shape index (κ1) is 19.0. The summed E-state index contributed by atoms with van der Waals surface area (Å²) < 4.78 is 10.7. The minimum Gasteiger partial charge on any atom is -0.497 e. The van der Waals surface area contributed by atoms with Crippen molar-refractivity contribution in [2.75, 3.05) is 18.6 Å². The maximum absolute atomic E-state index is 12.5. The predicted octanol–water partition coefficient (Wildman–Crippen LogP) is 3.95. The summed E-state index contributed by atoms with van der Waals surface area (Å²) in [7, 11) is 1.58. The van der Waals surface area contributed by atoms with Gasteiger partial charge in [0.1, 0.15) is 11.5 Å². The maximum atomic E-state index is 12.5. The van der Waals surface area contributed by atoms with Crippen molar-refractivity contribution in [3.8, 4) is 11.5 Å². The molecule has 27 heavy (non-hydrogen) atoms. The molecular formula is C22H25NO4. The third-order valence-electron chi connectivity index (χ3n) is 4.76. The van der Waals surface area contributed by atoms with Gasteiger partial charge in [-0.05, 0) is 35.2 Å². The Hall–Kier alpha value is -2.82. The lowest BCUT2D eigenvalue weighted by Gasteiger charge is -2.19. The number of carbonyl (C=O) groups excluding carboxylic acids is 2. The Balaban J connectivity index is 1.67. The number of hydrogen-bond donors (Lipinski definition) is 0. The fraction of sp³-hybridized carbons (Fsp3) is 0.364. The molecule has 1 aliphatic rings. The Kier molecular flexibility index (Phi) is 5.22. The van der Waals surface area contributed by atoms with Crippen molar-refractivity contribution in [2.45, 2.75) is 32.6 Å². The number of benzene rings is 2. The summed E-state index contributed by atoms with van der Waals surface area (Å²) in [4.78, 5) is 26.5. The van der Waals surface area contributed by atoms with Gasteiger partial charge in [-0.1, -0.05) is 39.0 Å². The first-order valence-electron chi connectivity index (χ1n) is 9.04. The first-order valence-corrected chi connectivity index (χ1v) is 9.04. The highest BCUT2D eigenvalue weighted by atomic mass is 16.5. The fourth-order valence-electron chi connectivity index (χ4n) is 3.12. The van der Waals surface area contributed by atoms with E-state index < -0.39 is 5.92 Å². The van der Waals surface area contributed by atoms with Crippen LogP contribution in [0.15, 0.2) is 48.5 Å². The molecule has 1 atom stereocenters. The zero-order valence-electron chi connectivity index (χ0n) is 16.2. The molecule has 1 saturated heterocycles. The van der Waals surface area contributed by atoms with Crippen LogP contribution in [0.4, 0.5) is 5.69 Å². The minimum absolute atomic E-state index is 0.0393. The van der Waals surface area contributed by atoms with Crippen LogP contribution in [0.2, 0.25) is 0 Å². The quantitative estimate of drug-likeness (QED) is 0.606. The first-order chi connectivity index (χ1) is 12.8. The van der Waals surface area contributed by atoms with Crippen LogP contribution < -0.4 is 14.4 Å². The minimum atomic E-state index is -0.481. The molecular weight excluding hydrogens is 342 g/mol. The van der Waals surface area contributed by atoms with Crippen LogP contribution in [0, 0.1) is 5.92 Å². The lowest BCUT2D eigenvalue weighted by molar-refractivity contribution is -0.139. The van der Waals surface area contributed by atoms with E-state index in [4.69, 9.17) is 9.47 Å². The number of nitrogens with zero attached hydrogens (tertiary/aromatic N) is 1. The van der Waals surface area contributed by atoms with E-state index in [1.54, 1.807) is 30.2 Å².